The van der Waals surface area contributed by atoms with Crippen LogP contribution in [0, 0.1) is 3.57 Å². The van der Waals surface area contributed by atoms with Gasteiger partial charge in [-0.3, -0.25) is 0 Å². The highest BCUT2D eigenvalue weighted by atomic mass is 127. The van der Waals surface area contributed by atoms with Gasteiger partial charge in [-0.25, -0.2) is 0 Å². The van der Waals surface area contributed by atoms with Gasteiger partial charge in [-0.1, -0.05) is 37.3 Å². The van der Waals surface area contributed by atoms with Gasteiger partial charge in [0.25, 0.3) is 0 Å². The SMILES string of the molecule is CCC(c1ccccc1)c1c[nH]c2ccc(I)cc12. The lowest BCUT2D eigenvalue weighted by atomic mass is 9.89. The molecule has 2 aromatic carbocycles. The van der Waals surface area contributed by atoms with Crippen molar-refractivity contribution in [3.63, 3.8) is 0 Å². The van der Waals surface area contributed by atoms with E-state index in [-0.39, 0.29) is 0 Å². The van der Waals surface area contributed by atoms with Gasteiger partial charge in [0, 0.05) is 26.6 Å². The van der Waals surface area contributed by atoms with Crippen molar-refractivity contribution in [2.75, 3.05) is 0 Å². The number of fused-ring (bicyclic) bond motifs is 1. The molecule has 1 atom stereocenters. The molecule has 1 unspecified atom stereocenters. The van der Waals surface area contributed by atoms with Crippen LogP contribution in [0.3, 0.4) is 0 Å². The van der Waals surface area contributed by atoms with E-state index in [2.05, 4.69) is 89.2 Å². The number of aromatic amines is 1. The molecule has 0 aliphatic rings. The van der Waals surface area contributed by atoms with Crippen molar-refractivity contribution in [2.24, 2.45) is 0 Å². The summed E-state index contributed by atoms with van der Waals surface area (Å²) in [6.07, 6.45) is 3.28. The quantitative estimate of drug-likeness (QED) is 0.608. The third-order valence-corrected chi connectivity index (χ3v) is 4.33. The van der Waals surface area contributed by atoms with Gasteiger partial charge in [-0.15, -0.1) is 0 Å². The first-order valence-corrected chi connectivity index (χ1v) is 7.69. The van der Waals surface area contributed by atoms with E-state index in [1.807, 2.05) is 0 Å². The number of hydrogen-bond acceptors (Lipinski definition) is 0. The second kappa shape index (κ2) is 5.37. The molecule has 0 saturated heterocycles. The van der Waals surface area contributed by atoms with Gasteiger partial charge in [0.1, 0.15) is 0 Å². The molecule has 1 nitrogen and oxygen atoms in total. The molecule has 0 aliphatic carbocycles. The summed E-state index contributed by atoms with van der Waals surface area (Å²) in [5.74, 6) is 0.466. The molecule has 3 aromatic rings. The Balaban J connectivity index is 2.14. The third-order valence-electron chi connectivity index (χ3n) is 3.66. The fraction of sp³-hybridized carbons (Fsp3) is 0.176. The van der Waals surface area contributed by atoms with E-state index in [0.717, 1.165) is 6.42 Å². The Morgan fingerprint density at radius 3 is 2.63 bits per heavy atom. The monoisotopic (exact) mass is 361 g/mol. The van der Waals surface area contributed by atoms with Gasteiger partial charge >= 0.3 is 0 Å². The molecule has 2 heteroatoms. The van der Waals surface area contributed by atoms with Gasteiger partial charge in [-0.05, 0) is 58.3 Å². The predicted molar refractivity (Wildman–Crippen MR) is 89.6 cm³/mol. The minimum atomic E-state index is 0.466. The Labute approximate surface area is 127 Å². The minimum absolute atomic E-state index is 0.466. The average molecular weight is 361 g/mol. The second-order valence-corrected chi connectivity index (χ2v) is 6.05. The molecule has 0 saturated carbocycles. The highest BCUT2D eigenvalue weighted by Crippen LogP contribution is 2.33. The summed E-state index contributed by atoms with van der Waals surface area (Å²) in [5, 5.41) is 1.35. The summed E-state index contributed by atoms with van der Waals surface area (Å²) in [7, 11) is 0. The van der Waals surface area contributed by atoms with Crippen molar-refractivity contribution in [3.05, 3.63) is 69.4 Å². The zero-order chi connectivity index (χ0) is 13.2. The maximum absolute atomic E-state index is 3.40. The lowest BCUT2D eigenvalue weighted by Crippen LogP contribution is -1.98. The van der Waals surface area contributed by atoms with E-state index >= 15 is 0 Å². The number of rotatable bonds is 3. The fourth-order valence-electron chi connectivity index (χ4n) is 2.72. The smallest absolute Gasteiger partial charge is 0.0457 e. The number of nitrogens with one attached hydrogen (secondary N) is 1. The molecular formula is C17H16IN. The first kappa shape index (κ1) is 12.7. The highest BCUT2D eigenvalue weighted by molar-refractivity contribution is 14.1. The lowest BCUT2D eigenvalue weighted by molar-refractivity contribution is 0.783. The second-order valence-electron chi connectivity index (χ2n) is 4.81. The van der Waals surface area contributed by atoms with Gasteiger partial charge < -0.3 is 4.98 Å². The average Bonchev–Trinajstić information content (AvgIpc) is 2.84. The molecule has 0 bridgehead atoms. The summed E-state index contributed by atoms with van der Waals surface area (Å²) >= 11 is 2.38. The molecule has 1 N–H and O–H groups in total. The lowest BCUT2D eigenvalue weighted by Gasteiger charge is -2.14. The summed E-state index contributed by atoms with van der Waals surface area (Å²) in [4.78, 5) is 3.40. The summed E-state index contributed by atoms with van der Waals surface area (Å²) < 4.78 is 1.29. The maximum Gasteiger partial charge on any atom is 0.0457 e. The molecule has 0 aliphatic heterocycles. The molecule has 1 aromatic heterocycles. The van der Waals surface area contributed by atoms with E-state index in [9.17, 15) is 0 Å². The van der Waals surface area contributed by atoms with E-state index in [1.54, 1.807) is 0 Å². The number of hydrogen-bond donors (Lipinski definition) is 1. The number of H-pyrrole nitrogens is 1. The first-order valence-electron chi connectivity index (χ1n) is 6.61. The number of halogens is 1. The van der Waals surface area contributed by atoms with Crippen LogP contribution in [-0.4, -0.2) is 4.98 Å². The van der Waals surface area contributed by atoms with Crippen molar-refractivity contribution in [2.45, 2.75) is 19.3 Å². The van der Waals surface area contributed by atoms with Crippen LogP contribution < -0.4 is 0 Å². The normalized spacial score (nSPS) is 12.7. The fourth-order valence-corrected chi connectivity index (χ4v) is 3.21. The van der Waals surface area contributed by atoms with Crippen LogP contribution >= 0.6 is 22.6 Å². The maximum atomic E-state index is 3.40. The third kappa shape index (κ3) is 2.41. The van der Waals surface area contributed by atoms with Crippen molar-refractivity contribution in [1.29, 1.82) is 0 Å². The van der Waals surface area contributed by atoms with Crippen molar-refractivity contribution < 1.29 is 0 Å². The molecule has 19 heavy (non-hydrogen) atoms. The zero-order valence-electron chi connectivity index (χ0n) is 10.9. The van der Waals surface area contributed by atoms with Gasteiger partial charge in [0.05, 0.1) is 0 Å². The van der Waals surface area contributed by atoms with Crippen molar-refractivity contribution in [3.8, 4) is 0 Å². The minimum Gasteiger partial charge on any atom is -0.361 e. The van der Waals surface area contributed by atoms with E-state index in [0.29, 0.717) is 5.92 Å². The summed E-state index contributed by atoms with van der Waals surface area (Å²) in [6, 6.07) is 17.3. The Bertz CT molecular complexity index is 685. The van der Waals surface area contributed by atoms with Gasteiger partial charge in [0.2, 0.25) is 0 Å². The number of benzene rings is 2. The molecular weight excluding hydrogens is 345 g/mol. The van der Waals surface area contributed by atoms with Crippen LogP contribution in [0.15, 0.2) is 54.7 Å². The highest BCUT2D eigenvalue weighted by Gasteiger charge is 2.16. The van der Waals surface area contributed by atoms with E-state index in [1.165, 1.54) is 25.6 Å². The zero-order valence-corrected chi connectivity index (χ0v) is 13.0. The Morgan fingerprint density at radius 2 is 1.89 bits per heavy atom. The molecule has 0 spiro atoms. The number of aromatic nitrogens is 1. The van der Waals surface area contributed by atoms with Crippen LogP contribution in [0.2, 0.25) is 0 Å². The van der Waals surface area contributed by atoms with E-state index in [4.69, 9.17) is 0 Å². The van der Waals surface area contributed by atoms with Crippen molar-refractivity contribution >= 4 is 33.5 Å². The van der Waals surface area contributed by atoms with Crippen LogP contribution in [-0.2, 0) is 0 Å². The first-order chi connectivity index (χ1) is 9.29. The predicted octanol–water partition coefficient (Wildman–Crippen LogP) is 5.31. The van der Waals surface area contributed by atoms with Crippen LogP contribution in [0.4, 0.5) is 0 Å². The molecule has 1 heterocycles. The molecule has 0 amide bonds. The Morgan fingerprint density at radius 1 is 1.11 bits per heavy atom. The molecule has 0 radical (unpaired) electrons. The van der Waals surface area contributed by atoms with Gasteiger partial charge in [-0.2, -0.15) is 0 Å². The molecule has 0 fully saturated rings. The molecule has 96 valence electrons. The van der Waals surface area contributed by atoms with Crippen molar-refractivity contribution in [1.82, 2.24) is 4.98 Å². The van der Waals surface area contributed by atoms with E-state index < -0.39 is 0 Å². The topological polar surface area (TPSA) is 15.8 Å². The van der Waals surface area contributed by atoms with Gasteiger partial charge in [0.15, 0.2) is 0 Å². The molecule has 3 rings (SSSR count). The van der Waals surface area contributed by atoms with Crippen LogP contribution in [0.5, 0.6) is 0 Å². The summed E-state index contributed by atoms with van der Waals surface area (Å²) in [5.41, 5.74) is 4.02. The standard InChI is InChI=1S/C17H16IN/c1-2-14(12-6-4-3-5-7-12)16-11-19-17-9-8-13(18)10-15(16)17/h3-11,14,19H,2H2,1H3. The Hall–Kier alpha value is -1.29. The Kier molecular flexibility index (Phi) is 3.60. The summed E-state index contributed by atoms with van der Waals surface area (Å²) in [6.45, 7) is 2.25. The van der Waals surface area contributed by atoms with Crippen LogP contribution in [0.25, 0.3) is 10.9 Å². The van der Waals surface area contributed by atoms with Crippen LogP contribution in [0.1, 0.15) is 30.4 Å². The largest absolute Gasteiger partial charge is 0.361 e.